The fraction of sp³-hybridized carbons (Fsp3) is 0.500. The molecule has 1 amide bonds. The van der Waals surface area contributed by atoms with Crippen molar-refractivity contribution in [3.05, 3.63) is 34.9 Å². The van der Waals surface area contributed by atoms with Crippen LogP contribution in [0.4, 0.5) is 0 Å². The number of aryl methyl sites for hydroxylation is 2. The quantitative estimate of drug-likeness (QED) is 0.761. The van der Waals surface area contributed by atoms with E-state index >= 15 is 0 Å². The topological polar surface area (TPSA) is 20.3 Å². The molecule has 0 aliphatic carbocycles. The second-order valence-corrected chi connectivity index (χ2v) is 4.46. The van der Waals surface area contributed by atoms with Crippen molar-refractivity contribution in [1.82, 2.24) is 4.90 Å². The molecule has 1 aromatic carbocycles. The molecule has 2 heteroatoms. The van der Waals surface area contributed by atoms with Crippen molar-refractivity contribution in [2.75, 3.05) is 13.6 Å². The summed E-state index contributed by atoms with van der Waals surface area (Å²) in [5.41, 5.74) is 3.09. The SMILES string of the molecule is CCCCN(C)C(=O)c1cc(C)cc(C)c1. The highest BCUT2D eigenvalue weighted by Gasteiger charge is 2.11. The van der Waals surface area contributed by atoms with Crippen molar-refractivity contribution >= 4 is 5.91 Å². The average molecular weight is 219 g/mol. The molecule has 2 nitrogen and oxygen atoms in total. The lowest BCUT2D eigenvalue weighted by atomic mass is 10.1. The largest absolute Gasteiger partial charge is 0.342 e. The van der Waals surface area contributed by atoms with Crippen LogP contribution in [0.2, 0.25) is 0 Å². The minimum absolute atomic E-state index is 0.125. The molecule has 0 saturated heterocycles. The molecule has 0 aliphatic heterocycles. The van der Waals surface area contributed by atoms with Gasteiger partial charge in [0.15, 0.2) is 0 Å². The van der Waals surface area contributed by atoms with Gasteiger partial charge in [-0.25, -0.2) is 0 Å². The zero-order chi connectivity index (χ0) is 12.1. The Morgan fingerprint density at radius 1 is 1.19 bits per heavy atom. The maximum absolute atomic E-state index is 12.1. The van der Waals surface area contributed by atoms with E-state index in [0.717, 1.165) is 36.1 Å². The molecule has 16 heavy (non-hydrogen) atoms. The molecular weight excluding hydrogens is 198 g/mol. The third-order valence-electron chi connectivity index (χ3n) is 2.66. The second-order valence-electron chi connectivity index (χ2n) is 4.46. The van der Waals surface area contributed by atoms with E-state index in [-0.39, 0.29) is 5.91 Å². The van der Waals surface area contributed by atoms with Gasteiger partial charge in [0, 0.05) is 19.2 Å². The highest BCUT2D eigenvalue weighted by atomic mass is 16.2. The number of unbranched alkanes of at least 4 members (excludes halogenated alkanes) is 1. The monoisotopic (exact) mass is 219 g/mol. The van der Waals surface area contributed by atoms with Crippen LogP contribution < -0.4 is 0 Å². The van der Waals surface area contributed by atoms with E-state index in [1.54, 1.807) is 4.90 Å². The lowest BCUT2D eigenvalue weighted by Gasteiger charge is -2.17. The van der Waals surface area contributed by atoms with Gasteiger partial charge < -0.3 is 4.90 Å². The zero-order valence-electron chi connectivity index (χ0n) is 10.7. The maximum atomic E-state index is 12.1. The lowest BCUT2D eigenvalue weighted by Crippen LogP contribution is -2.27. The number of carbonyl (C=O) groups excluding carboxylic acids is 1. The van der Waals surface area contributed by atoms with Crippen molar-refractivity contribution in [3.63, 3.8) is 0 Å². The van der Waals surface area contributed by atoms with Gasteiger partial charge in [-0.2, -0.15) is 0 Å². The molecule has 0 heterocycles. The third-order valence-corrected chi connectivity index (χ3v) is 2.66. The van der Waals surface area contributed by atoms with Gasteiger partial charge in [-0.1, -0.05) is 30.5 Å². The Kier molecular flexibility index (Phi) is 4.53. The number of benzene rings is 1. The molecule has 0 fully saturated rings. The first-order chi connectivity index (χ1) is 7.54. The van der Waals surface area contributed by atoms with Gasteiger partial charge >= 0.3 is 0 Å². The summed E-state index contributed by atoms with van der Waals surface area (Å²) < 4.78 is 0. The molecule has 0 atom stereocenters. The summed E-state index contributed by atoms with van der Waals surface area (Å²) in [6.07, 6.45) is 2.18. The minimum atomic E-state index is 0.125. The molecule has 0 radical (unpaired) electrons. The molecule has 0 aliphatic rings. The van der Waals surface area contributed by atoms with Crippen LogP contribution in [0.15, 0.2) is 18.2 Å². The van der Waals surface area contributed by atoms with Gasteiger partial charge in [0.1, 0.15) is 0 Å². The molecule has 1 aromatic rings. The predicted octanol–water partition coefficient (Wildman–Crippen LogP) is 3.18. The van der Waals surface area contributed by atoms with Gasteiger partial charge in [0.2, 0.25) is 0 Å². The van der Waals surface area contributed by atoms with Crippen molar-refractivity contribution in [1.29, 1.82) is 0 Å². The highest BCUT2D eigenvalue weighted by Crippen LogP contribution is 2.11. The molecule has 88 valence electrons. The fourth-order valence-electron chi connectivity index (χ4n) is 1.82. The Hall–Kier alpha value is -1.31. The Labute approximate surface area is 98.3 Å². The van der Waals surface area contributed by atoms with E-state index < -0.39 is 0 Å². The van der Waals surface area contributed by atoms with Crippen molar-refractivity contribution in [2.24, 2.45) is 0 Å². The molecule has 0 N–H and O–H groups in total. The van der Waals surface area contributed by atoms with Crippen LogP contribution in [0, 0.1) is 13.8 Å². The molecule has 0 saturated carbocycles. The molecular formula is C14H21NO. The summed E-state index contributed by atoms with van der Waals surface area (Å²) in [7, 11) is 1.87. The summed E-state index contributed by atoms with van der Waals surface area (Å²) in [6.45, 7) is 7.02. The normalized spacial score (nSPS) is 10.2. The van der Waals surface area contributed by atoms with Gasteiger partial charge in [0.05, 0.1) is 0 Å². The second kappa shape index (κ2) is 5.69. The van der Waals surface area contributed by atoms with Crippen LogP contribution in [-0.4, -0.2) is 24.4 Å². The van der Waals surface area contributed by atoms with Crippen molar-refractivity contribution < 1.29 is 4.79 Å². The number of hydrogen-bond donors (Lipinski definition) is 0. The Balaban J connectivity index is 2.79. The summed E-state index contributed by atoms with van der Waals surface area (Å²) in [4.78, 5) is 13.9. The first kappa shape index (κ1) is 12.8. The molecule has 0 unspecified atom stereocenters. The van der Waals surface area contributed by atoms with Crippen LogP contribution in [0.3, 0.4) is 0 Å². The first-order valence-corrected chi connectivity index (χ1v) is 5.88. The third kappa shape index (κ3) is 3.37. The van der Waals surface area contributed by atoms with E-state index in [1.807, 2.05) is 33.0 Å². The molecule has 0 bridgehead atoms. The first-order valence-electron chi connectivity index (χ1n) is 5.88. The van der Waals surface area contributed by atoms with Crippen LogP contribution in [0.1, 0.15) is 41.3 Å². The Morgan fingerprint density at radius 3 is 2.25 bits per heavy atom. The van der Waals surface area contributed by atoms with E-state index in [1.165, 1.54) is 0 Å². The van der Waals surface area contributed by atoms with Crippen molar-refractivity contribution in [2.45, 2.75) is 33.6 Å². The molecule has 0 spiro atoms. The summed E-state index contributed by atoms with van der Waals surface area (Å²) in [5, 5.41) is 0. The Bertz CT molecular complexity index is 351. The van der Waals surface area contributed by atoms with Crippen LogP contribution in [-0.2, 0) is 0 Å². The number of hydrogen-bond acceptors (Lipinski definition) is 1. The molecule has 1 rings (SSSR count). The summed E-state index contributed by atoms with van der Waals surface area (Å²) in [5.74, 6) is 0.125. The number of nitrogens with zero attached hydrogens (tertiary/aromatic N) is 1. The van der Waals surface area contributed by atoms with E-state index in [0.29, 0.717) is 0 Å². The van der Waals surface area contributed by atoms with Gasteiger partial charge in [0.25, 0.3) is 5.91 Å². The fourth-order valence-corrected chi connectivity index (χ4v) is 1.82. The van der Waals surface area contributed by atoms with Crippen LogP contribution in [0.5, 0.6) is 0 Å². The lowest BCUT2D eigenvalue weighted by molar-refractivity contribution is 0.0793. The van der Waals surface area contributed by atoms with E-state index in [2.05, 4.69) is 13.0 Å². The standard InChI is InChI=1S/C14H21NO/c1-5-6-7-15(4)14(16)13-9-11(2)8-12(3)10-13/h8-10H,5-7H2,1-4H3. The average Bonchev–Trinajstić information content (AvgIpc) is 2.23. The summed E-state index contributed by atoms with van der Waals surface area (Å²) in [6, 6.07) is 6.00. The van der Waals surface area contributed by atoms with Gasteiger partial charge in [-0.3, -0.25) is 4.79 Å². The van der Waals surface area contributed by atoms with Gasteiger partial charge in [-0.15, -0.1) is 0 Å². The van der Waals surface area contributed by atoms with E-state index in [4.69, 9.17) is 0 Å². The molecule has 0 aromatic heterocycles. The Morgan fingerprint density at radius 2 is 1.75 bits per heavy atom. The zero-order valence-corrected chi connectivity index (χ0v) is 10.7. The van der Waals surface area contributed by atoms with Crippen LogP contribution >= 0.6 is 0 Å². The number of rotatable bonds is 4. The number of amides is 1. The number of carbonyl (C=O) groups is 1. The van der Waals surface area contributed by atoms with E-state index in [9.17, 15) is 4.79 Å². The van der Waals surface area contributed by atoms with Crippen molar-refractivity contribution in [3.8, 4) is 0 Å². The minimum Gasteiger partial charge on any atom is -0.342 e. The maximum Gasteiger partial charge on any atom is 0.253 e. The summed E-state index contributed by atoms with van der Waals surface area (Å²) >= 11 is 0. The van der Waals surface area contributed by atoms with Crippen LogP contribution in [0.25, 0.3) is 0 Å². The van der Waals surface area contributed by atoms with Gasteiger partial charge in [-0.05, 0) is 32.4 Å². The highest BCUT2D eigenvalue weighted by molar-refractivity contribution is 5.94. The smallest absolute Gasteiger partial charge is 0.253 e. The predicted molar refractivity (Wildman–Crippen MR) is 67.8 cm³/mol.